The first-order chi connectivity index (χ1) is 18.1. The fourth-order valence-electron chi connectivity index (χ4n) is 5.96. The molecule has 1 aromatic rings. The molecule has 4 fully saturated rings. The topological polar surface area (TPSA) is 79.4 Å². The van der Waals surface area contributed by atoms with Gasteiger partial charge in [0, 0.05) is 19.1 Å². The minimum absolute atomic E-state index is 0.0490. The number of nitrogens with zero attached hydrogens (tertiary/aromatic N) is 3. The van der Waals surface area contributed by atoms with Crippen molar-refractivity contribution in [3.05, 3.63) is 29.8 Å². The van der Waals surface area contributed by atoms with Gasteiger partial charge >= 0.3 is 12.3 Å². The number of morpholine rings is 1. The number of ether oxygens (including phenoxy) is 2. The first-order valence-corrected chi connectivity index (χ1v) is 15.0. The number of carbonyl (C=O) groups is 1. The summed E-state index contributed by atoms with van der Waals surface area (Å²) >= 11 is 0. The lowest BCUT2D eigenvalue weighted by molar-refractivity contribution is -0.137. The summed E-state index contributed by atoms with van der Waals surface area (Å²) in [7, 11) is -4.14. The van der Waals surface area contributed by atoms with Gasteiger partial charge in [-0.3, -0.25) is 0 Å². The van der Waals surface area contributed by atoms with Gasteiger partial charge in [-0.2, -0.15) is 17.5 Å². The van der Waals surface area contributed by atoms with E-state index in [1.165, 1.54) is 23.6 Å². The molecule has 3 aliphatic heterocycles. The van der Waals surface area contributed by atoms with Gasteiger partial charge < -0.3 is 19.3 Å². The Hall–Kier alpha value is -1.89. The molecule has 1 amide bonds. The standard InChI is InChI=1S/C26H36F3N3O5S/c27-26(28,29)20-6-8-23(9-7-20)38(34,35)32-22(16-36-18-24(32)19-4-5-19)17-37-25(33)31-14-10-21(11-15-31)30-12-2-1-3-13-30/h6-9,19,21-22,24H,1-5,10-18H2/t22-,24+/m1/s1. The molecule has 0 N–H and O–H groups in total. The first-order valence-electron chi connectivity index (χ1n) is 13.6. The Morgan fingerprint density at radius 2 is 1.61 bits per heavy atom. The summed E-state index contributed by atoms with van der Waals surface area (Å²) in [6.45, 7) is 3.50. The van der Waals surface area contributed by atoms with E-state index in [1.54, 1.807) is 4.90 Å². The van der Waals surface area contributed by atoms with Crippen molar-refractivity contribution in [3.8, 4) is 0 Å². The molecule has 3 heterocycles. The van der Waals surface area contributed by atoms with Crippen LogP contribution < -0.4 is 0 Å². The van der Waals surface area contributed by atoms with Crippen LogP contribution in [0.3, 0.4) is 0 Å². The number of carbonyl (C=O) groups excluding carboxylic acids is 1. The number of likely N-dealkylation sites (tertiary alicyclic amines) is 2. The Bertz CT molecular complexity index is 1070. The second-order valence-electron chi connectivity index (χ2n) is 10.8. The molecule has 0 radical (unpaired) electrons. The Labute approximate surface area is 222 Å². The third-order valence-corrected chi connectivity index (χ3v) is 10.2. The number of halogens is 3. The fraction of sp³-hybridized carbons (Fsp3) is 0.731. The van der Waals surface area contributed by atoms with Crippen molar-refractivity contribution >= 4 is 16.1 Å². The molecule has 1 aliphatic carbocycles. The van der Waals surface area contributed by atoms with Gasteiger partial charge in [0.2, 0.25) is 10.0 Å². The highest BCUT2D eigenvalue weighted by Crippen LogP contribution is 2.40. The summed E-state index contributed by atoms with van der Waals surface area (Å²) in [5.41, 5.74) is -0.910. The number of alkyl halides is 3. The zero-order valence-corrected chi connectivity index (χ0v) is 22.3. The van der Waals surface area contributed by atoms with Crippen molar-refractivity contribution in [2.75, 3.05) is 46.0 Å². The summed E-state index contributed by atoms with van der Waals surface area (Å²) in [5, 5.41) is 0. The molecule has 212 valence electrons. The fourth-order valence-corrected chi connectivity index (χ4v) is 7.78. The summed E-state index contributed by atoms with van der Waals surface area (Å²) in [6, 6.07) is 2.83. The van der Waals surface area contributed by atoms with E-state index in [0.717, 1.165) is 63.0 Å². The number of hydrogen-bond acceptors (Lipinski definition) is 6. The van der Waals surface area contributed by atoms with E-state index < -0.39 is 39.9 Å². The van der Waals surface area contributed by atoms with E-state index in [1.807, 2.05) is 0 Å². The second kappa shape index (κ2) is 11.3. The molecular formula is C26H36F3N3O5S. The van der Waals surface area contributed by atoms with Crippen molar-refractivity contribution in [1.29, 1.82) is 0 Å². The Morgan fingerprint density at radius 1 is 0.947 bits per heavy atom. The quantitative estimate of drug-likeness (QED) is 0.525. The molecular weight excluding hydrogens is 523 g/mol. The van der Waals surface area contributed by atoms with Crippen LogP contribution in [-0.2, 0) is 25.7 Å². The Morgan fingerprint density at radius 3 is 2.21 bits per heavy atom. The van der Waals surface area contributed by atoms with Gasteiger partial charge in [0.05, 0.1) is 35.8 Å². The predicted octanol–water partition coefficient (Wildman–Crippen LogP) is 3.96. The highest BCUT2D eigenvalue weighted by Gasteiger charge is 2.47. The normalized spacial score (nSPS) is 26.9. The third-order valence-electron chi connectivity index (χ3n) is 8.24. The molecule has 2 atom stereocenters. The van der Waals surface area contributed by atoms with Gasteiger partial charge in [0.1, 0.15) is 6.61 Å². The van der Waals surface area contributed by atoms with Crippen LogP contribution in [0, 0.1) is 5.92 Å². The Balaban J connectivity index is 1.24. The molecule has 8 nitrogen and oxygen atoms in total. The van der Waals surface area contributed by atoms with E-state index >= 15 is 0 Å². The monoisotopic (exact) mass is 559 g/mol. The average Bonchev–Trinajstić information content (AvgIpc) is 3.77. The minimum Gasteiger partial charge on any atom is -0.448 e. The third kappa shape index (κ3) is 6.13. The SMILES string of the molecule is O=C(OC[C@H]1COC[C@@H](C2CC2)N1S(=O)(=O)c1ccc(C(F)(F)F)cc1)N1CCC(N2CCCCC2)CC1. The maximum atomic E-state index is 13.7. The second-order valence-corrected chi connectivity index (χ2v) is 12.7. The highest BCUT2D eigenvalue weighted by molar-refractivity contribution is 7.89. The lowest BCUT2D eigenvalue weighted by Gasteiger charge is -2.41. The smallest absolute Gasteiger partial charge is 0.416 e. The van der Waals surface area contributed by atoms with Crippen LogP contribution >= 0.6 is 0 Å². The van der Waals surface area contributed by atoms with Crippen LogP contribution in [0.2, 0.25) is 0 Å². The lowest BCUT2D eigenvalue weighted by Crippen LogP contribution is -2.57. The van der Waals surface area contributed by atoms with Crippen LogP contribution in [0.4, 0.5) is 18.0 Å². The van der Waals surface area contributed by atoms with Gasteiger partial charge in [-0.25, -0.2) is 13.2 Å². The minimum atomic E-state index is -4.56. The van der Waals surface area contributed by atoms with Gasteiger partial charge in [-0.15, -0.1) is 0 Å². The molecule has 5 rings (SSSR count). The first kappa shape index (κ1) is 27.7. The van der Waals surface area contributed by atoms with Crippen molar-refractivity contribution in [2.24, 2.45) is 5.92 Å². The van der Waals surface area contributed by atoms with Crippen molar-refractivity contribution in [3.63, 3.8) is 0 Å². The zero-order valence-electron chi connectivity index (χ0n) is 21.4. The molecule has 0 spiro atoms. The maximum Gasteiger partial charge on any atom is 0.416 e. The number of sulfonamides is 1. The maximum absolute atomic E-state index is 13.7. The molecule has 1 saturated carbocycles. The van der Waals surface area contributed by atoms with E-state index in [-0.39, 0.29) is 30.6 Å². The number of benzene rings is 1. The summed E-state index contributed by atoms with van der Waals surface area (Å²) in [4.78, 5) is 16.9. The van der Waals surface area contributed by atoms with Crippen LogP contribution in [0.1, 0.15) is 50.5 Å². The van der Waals surface area contributed by atoms with Crippen LogP contribution in [0.25, 0.3) is 0 Å². The van der Waals surface area contributed by atoms with Gasteiger partial charge in [-0.05, 0) is 81.8 Å². The number of piperidine rings is 2. The van der Waals surface area contributed by atoms with Gasteiger partial charge in [-0.1, -0.05) is 6.42 Å². The largest absolute Gasteiger partial charge is 0.448 e. The molecule has 38 heavy (non-hydrogen) atoms. The van der Waals surface area contributed by atoms with Crippen molar-refractivity contribution < 1.29 is 35.9 Å². The highest BCUT2D eigenvalue weighted by atomic mass is 32.2. The molecule has 3 saturated heterocycles. The van der Waals surface area contributed by atoms with Gasteiger partial charge in [0.25, 0.3) is 0 Å². The van der Waals surface area contributed by atoms with E-state index in [9.17, 15) is 26.4 Å². The molecule has 0 aromatic heterocycles. The molecule has 1 aromatic carbocycles. The summed E-state index contributed by atoms with van der Waals surface area (Å²) in [6.07, 6.45) is 2.18. The van der Waals surface area contributed by atoms with E-state index in [2.05, 4.69) is 4.90 Å². The predicted molar refractivity (Wildman–Crippen MR) is 133 cm³/mol. The Kier molecular flexibility index (Phi) is 8.23. The summed E-state index contributed by atoms with van der Waals surface area (Å²) in [5.74, 6) is 0.117. The van der Waals surface area contributed by atoms with Crippen molar-refractivity contribution in [1.82, 2.24) is 14.1 Å². The summed E-state index contributed by atoms with van der Waals surface area (Å²) < 4.78 is 79.1. The number of rotatable bonds is 6. The molecule has 4 aliphatic rings. The lowest BCUT2D eigenvalue weighted by atomic mass is 10.0. The molecule has 0 bridgehead atoms. The zero-order chi connectivity index (χ0) is 26.9. The average molecular weight is 560 g/mol. The molecule has 0 unspecified atom stereocenters. The van der Waals surface area contributed by atoms with E-state index in [4.69, 9.17) is 9.47 Å². The number of hydrogen-bond donors (Lipinski definition) is 0. The van der Waals surface area contributed by atoms with Crippen LogP contribution in [-0.4, -0.2) is 92.7 Å². The van der Waals surface area contributed by atoms with Gasteiger partial charge in [0.15, 0.2) is 0 Å². The number of amides is 1. The molecule has 12 heteroatoms. The van der Waals surface area contributed by atoms with Crippen LogP contribution in [0.15, 0.2) is 29.2 Å². The van der Waals surface area contributed by atoms with E-state index in [0.29, 0.717) is 19.1 Å². The van der Waals surface area contributed by atoms with Crippen molar-refractivity contribution in [2.45, 2.75) is 74.1 Å². The van der Waals surface area contributed by atoms with Crippen LogP contribution in [0.5, 0.6) is 0 Å².